The lowest BCUT2D eigenvalue weighted by molar-refractivity contribution is 0.102. The SMILES string of the molecule is CC(C)c1ccc(C(=O)Nc2cc3nn(-c4ccccc4)nc3cc2Cl)cc1. The number of aromatic nitrogens is 3. The van der Waals surface area contributed by atoms with Gasteiger partial charge >= 0.3 is 0 Å². The van der Waals surface area contributed by atoms with Gasteiger partial charge in [0.1, 0.15) is 11.0 Å². The molecule has 0 aliphatic rings. The van der Waals surface area contributed by atoms with E-state index in [0.717, 1.165) is 5.69 Å². The minimum atomic E-state index is -0.216. The van der Waals surface area contributed by atoms with E-state index >= 15 is 0 Å². The second-order valence-corrected chi connectivity index (χ2v) is 7.28. The number of amides is 1. The number of anilines is 1. The van der Waals surface area contributed by atoms with Gasteiger partial charge in [0, 0.05) is 5.56 Å². The Morgan fingerprint density at radius 3 is 2.25 bits per heavy atom. The molecule has 0 bridgehead atoms. The van der Waals surface area contributed by atoms with Gasteiger partial charge in [-0.2, -0.15) is 4.80 Å². The summed E-state index contributed by atoms with van der Waals surface area (Å²) >= 11 is 6.37. The zero-order valence-electron chi connectivity index (χ0n) is 15.6. The molecule has 1 aromatic heterocycles. The number of benzene rings is 3. The fraction of sp³-hybridized carbons (Fsp3) is 0.136. The molecule has 5 nitrogen and oxygen atoms in total. The zero-order chi connectivity index (χ0) is 19.7. The Hall–Kier alpha value is -3.18. The quantitative estimate of drug-likeness (QED) is 0.504. The van der Waals surface area contributed by atoms with Gasteiger partial charge in [0.25, 0.3) is 5.91 Å². The molecule has 4 aromatic rings. The molecule has 0 aliphatic carbocycles. The van der Waals surface area contributed by atoms with Crippen LogP contribution in [0.1, 0.15) is 35.7 Å². The van der Waals surface area contributed by atoms with E-state index in [1.165, 1.54) is 5.56 Å². The van der Waals surface area contributed by atoms with Crippen molar-refractivity contribution in [3.05, 3.63) is 82.9 Å². The highest BCUT2D eigenvalue weighted by Crippen LogP contribution is 2.27. The van der Waals surface area contributed by atoms with E-state index in [-0.39, 0.29) is 5.91 Å². The summed E-state index contributed by atoms with van der Waals surface area (Å²) in [4.78, 5) is 14.2. The fourth-order valence-corrected chi connectivity index (χ4v) is 3.13. The van der Waals surface area contributed by atoms with Crippen LogP contribution in [0.25, 0.3) is 16.7 Å². The number of carbonyl (C=O) groups is 1. The maximum Gasteiger partial charge on any atom is 0.255 e. The van der Waals surface area contributed by atoms with E-state index in [1.807, 2.05) is 54.6 Å². The minimum Gasteiger partial charge on any atom is -0.321 e. The largest absolute Gasteiger partial charge is 0.321 e. The van der Waals surface area contributed by atoms with E-state index in [2.05, 4.69) is 29.4 Å². The summed E-state index contributed by atoms with van der Waals surface area (Å²) in [6.07, 6.45) is 0. The van der Waals surface area contributed by atoms with Crippen LogP contribution < -0.4 is 5.32 Å². The third-order valence-corrected chi connectivity index (χ3v) is 4.86. The molecule has 0 saturated heterocycles. The number of nitrogens with zero attached hydrogens (tertiary/aromatic N) is 3. The van der Waals surface area contributed by atoms with Crippen molar-refractivity contribution in [1.29, 1.82) is 0 Å². The van der Waals surface area contributed by atoms with Crippen molar-refractivity contribution in [2.24, 2.45) is 0 Å². The molecule has 0 aliphatic heterocycles. The average Bonchev–Trinajstić information content (AvgIpc) is 3.11. The molecule has 0 fully saturated rings. The summed E-state index contributed by atoms with van der Waals surface area (Å²) in [5.41, 5.74) is 4.44. The van der Waals surface area contributed by atoms with Crippen molar-refractivity contribution in [2.75, 3.05) is 5.32 Å². The summed E-state index contributed by atoms with van der Waals surface area (Å²) in [6, 6.07) is 20.7. The van der Waals surface area contributed by atoms with E-state index in [4.69, 9.17) is 11.6 Å². The third-order valence-electron chi connectivity index (χ3n) is 4.54. The van der Waals surface area contributed by atoms with E-state index in [1.54, 1.807) is 16.9 Å². The highest BCUT2D eigenvalue weighted by Gasteiger charge is 2.13. The fourth-order valence-electron chi connectivity index (χ4n) is 2.92. The lowest BCUT2D eigenvalue weighted by Crippen LogP contribution is -2.12. The van der Waals surface area contributed by atoms with Crippen LogP contribution in [0, 0.1) is 0 Å². The molecule has 0 unspecified atom stereocenters. The highest BCUT2D eigenvalue weighted by atomic mass is 35.5. The van der Waals surface area contributed by atoms with Crippen LogP contribution in [0.15, 0.2) is 66.7 Å². The van der Waals surface area contributed by atoms with Crippen LogP contribution in [0.3, 0.4) is 0 Å². The molecule has 1 amide bonds. The maximum absolute atomic E-state index is 12.6. The highest BCUT2D eigenvalue weighted by molar-refractivity contribution is 6.34. The first-order valence-electron chi connectivity index (χ1n) is 9.04. The second-order valence-electron chi connectivity index (χ2n) is 6.88. The molecule has 0 saturated carbocycles. The number of hydrogen-bond donors (Lipinski definition) is 1. The van der Waals surface area contributed by atoms with Gasteiger partial charge in [0.05, 0.1) is 16.4 Å². The van der Waals surface area contributed by atoms with Crippen molar-refractivity contribution in [2.45, 2.75) is 19.8 Å². The van der Waals surface area contributed by atoms with Crippen LogP contribution in [0.4, 0.5) is 5.69 Å². The van der Waals surface area contributed by atoms with Gasteiger partial charge in [0.2, 0.25) is 0 Å². The Balaban J connectivity index is 1.61. The van der Waals surface area contributed by atoms with E-state index < -0.39 is 0 Å². The Labute approximate surface area is 167 Å². The van der Waals surface area contributed by atoms with Gasteiger partial charge in [-0.15, -0.1) is 10.2 Å². The van der Waals surface area contributed by atoms with Gasteiger partial charge in [0.15, 0.2) is 0 Å². The molecular formula is C22H19ClN4O. The molecule has 4 rings (SSSR count). The number of fused-ring (bicyclic) bond motifs is 1. The normalized spacial score (nSPS) is 11.1. The van der Waals surface area contributed by atoms with Crippen molar-refractivity contribution in [3.63, 3.8) is 0 Å². The molecular weight excluding hydrogens is 372 g/mol. The molecule has 1 N–H and O–H groups in total. The summed E-state index contributed by atoms with van der Waals surface area (Å²) in [6.45, 7) is 4.24. The lowest BCUT2D eigenvalue weighted by atomic mass is 10.0. The van der Waals surface area contributed by atoms with Gasteiger partial charge < -0.3 is 5.32 Å². The molecule has 0 atom stereocenters. The molecule has 0 radical (unpaired) electrons. The number of hydrogen-bond acceptors (Lipinski definition) is 3. The van der Waals surface area contributed by atoms with Gasteiger partial charge in [-0.25, -0.2) is 0 Å². The summed E-state index contributed by atoms with van der Waals surface area (Å²) in [5, 5.41) is 12.2. The van der Waals surface area contributed by atoms with Crippen LogP contribution in [-0.2, 0) is 0 Å². The summed E-state index contributed by atoms with van der Waals surface area (Å²) < 4.78 is 0. The lowest BCUT2D eigenvalue weighted by Gasteiger charge is -2.09. The van der Waals surface area contributed by atoms with Crippen molar-refractivity contribution in [1.82, 2.24) is 15.0 Å². The third kappa shape index (κ3) is 3.62. The Morgan fingerprint density at radius 2 is 1.61 bits per heavy atom. The Morgan fingerprint density at radius 1 is 0.964 bits per heavy atom. The molecule has 0 spiro atoms. The smallest absolute Gasteiger partial charge is 0.255 e. The van der Waals surface area contributed by atoms with Crippen LogP contribution >= 0.6 is 11.6 Å². The van der Waals surface area contributed by atoms with Gasteiger partial charge in [-0.1, -0.05) is 55.8 Å². The topological polar surface area (TPSA) is 59.8 Å². The van der Waals surface area contributed by atoms with E-state index in [9.17, 15) is 4.79 Å². The molecule has 1 heterocycles. The first-order valence-corrected chi connectivity index (χ1v) is 9.42. The van der Waals surface area contributed by atoms with Crippen LogP contribution in [0.5, 0.6) is 0 Å². The molecule has 6 heteroatoms. The number of halogens is 1. The number of rotatable bonds is 4. The summed E-state index contributed by atoms with van der Waals surface area (Å²) in [5.74, 6) is 0.202. The molecule has 28 heavy (non-hydrogen) atoms. The number of para-hydroxylation sites is 1. The Bertz CT molecular complexity index is 1130. The molecule has 3 aromatic carbocycles. The van der Waals surface area contributed by atoms with Crippen molar-refractivity contribution >= 4 is 34.2 Å². The minimum absolute atomic E-state index is 0.216. The first-order chi connectivity index (χ1) is 13.5. The van der Waals surface area contributed by atoms with E-state index in [0.29, 0.717) is 33.2 Å². The molecule has 140 valence electrons. The van der Waals surface area contributed by atoms with Crippen LogP contribution in [-0.4, -0.2) is 20.9 Å². The number of carbonyl (C=O) groups excluding carboxylic acids is 1. The van der Waals surface area contributed by atoms with Gasteiger partial charge in [-0.3, -0.25) is 4.79 Å². The predicted octanol–water partition coefficient (Wildman–Crippen LogP) is 5.45. The zero-order valence-corrected chi connectivity index (χ0v) is 16.3. The monoisotopic (exact) mass is 390 g/mol. The van der Waals surface area contributed by atoms with Gasteiger partial charge in [-0.05, 0) is 47.9 Å². The average molecular weight is 391 g/mol. The standard InChI is InChI=1S/C22H19ClN4O/c1-14(2)15-8-10-16(11-9-15)22(28)24-19-13-21-20(12-18(19)23)25-27(26-21)17-6-4-3-5-7-17/h3-14H,1-2H3,(H,24,28). The number of nitrogens with one attached hydrogen (secondary N) is 1. The van der Waals surface area contributed by atoms with Crippen molar-refractivity contribution in [3.8, 4) is 5.69 Å². The summed E-state index contributed by atoms with van der Waals surface area (Å²) in [7, 11) is 0. The first kappa shape index (κ1) is 18.2. The predicted molar refractivity (Wildman–Crippen MR) is 112 cm³/mol. The van der Waals surface area contributed by atoms with Crippen LogP contribution in [0.2, 0.25) is 5.02 Å². The van der Waals surface area contributed by atoms with Crippen molar-refractivity contribution < 1.29 is 4.79 Å². The maximum atomic E-state index is 12.6. The second kappa shape index (κ2) is 7.44. The Kier molecular flexibility index (Phi) is 4.84.